The first-order chi connectivity index (χ1) is 13.4. The third kappa shape index (κ3) is 8.22. The van der Waals surface area contributed by atoms with Gasteiger partial charge in [-0.05, 0) is 37.9 Å². The molecule has 148 valence electrons. The predicted molar refractivity (Wildman–Crippen MR) is 117 cm³/mol. The first kappa shape index (κ1) is 20.7. The lowest BCUT2D eigenvalue weighted by Gasteiger charge is -2.28. The molecule has 1 aromatic carbocycles. The van der Waals surface area contributed by atoms with Crippen LogP contribution in [-0.4, -0.2) is 67.2 Å². The Morgan fingerprint density at radius 1 is 1.07 bits per heavy atom. The molecule has 0 radical (unpaired) electrons. The van der Waals surface area contributed by atoms with Crippen LogP contribution < -0.4 is 0 Å². The molecule has 4 heteroatoms. The second kappa shape index (κ2) is 12.4. The quantitative estimate of drug-likeness (QED) is 0.529. The van der Waals surface area contributed by atoms with Gasteiger partial charge in [0.2, 0.25) is 0 Å². The van der Waals surface area contributed by atoms with Gasteiger partial charge in [0.05, 0.1) is 13.2 Å². The number of rotatable bonds is 11. The van der Waals surface area contributed by atoms with Crippen LogP contribution in [0.5, 0.6) is 0 Å². The summed E-state index contributed by atoms with van der Waals surface area (Å²) in [6.45, 7) is 8.60. The van der Waals surface area contributed by atoms with Crippen molar-refractivity contribution in [3.05, 3.63) is 59.7 Å². The molecule has 0 unspecified atom stereocenters. The fourth-order valence-electron chi connectivity index (χ4n) is 3.62. The van der Waals surface area contributed by atoms with Gasteiger partial charge >= 0.3 is 0 Å². The Labute approximate surface area is 169 Å². The molecular weight excluding hydrogens is 352 g/mol. The summed E-state index contributed by atoms with van der Waals surface area (Å²) in [5.41, 5.74) is 3.03. The van der Waals surface area contributed by atoms with Gasteiger partial charge in [0, 0.05) is 37.7 Å². The van der Waals surface area contributed by atoms with Crippen molar-refractivity contribution >= 4 is 11.8 Å². The fraction of sp³-hybridized carbons (Fsp3) is 0.565. The van der Waals surface area contributed by atoms with E-state index in [4.69, 9.17) is 4.74 Å². The second-order valence-electron chi connectivity index (χ2n) is 7.41. The van der Waals surface area contributed by atoms with Gasteiger partial charge in [0.25, 0.3) is 0 Å². The Balaban J connectivity index is 1.40. The minimum Gasteiger partial charge on any atom is -0.379 e. The smallest absolute Gasteiger partial charge is 0.0594 e. The average Bonchev–Trinajstić information content (AvgIpc) is 2.73. The lowest BCUT2D eigenvalue weighted by atomic mass is 10.1. The monoisotopic (exact) mass is 386 g/mol. The molecule has 0 aromatic heterocycles. The van der Waals surface area contributed by atoms with Crippen molar-refractivity contribution in [3.63, 3.8) is 0 Å². The summed E-state index contributed by atoms with van der Waals surface area (Å²) in [6, 6.07) is 10.9. The lowest BCUT2D eigenvalue weighted by molar-refractivity contribution is 0.0361. The van der Waals surface area contributed by atoms with Crippen LogP contribution in [-0.2, 0) is 11.3 Å². The zero-order valence-electron chi connectivity index (χ0n) is 16.5. The van der Waals surface area contributed by atoms with E-state index in [2.05, 4.69) is 70.1 Å². The maximum atomic E-state index is 5.46. The SMILES string of the molecule is C1=CCCC(CSCCN(CCCN2CCOCC2)Cc2ccccc2)=C1. The van der Waals surface area contributed by atoms with Crippen LogP contribution in [0, 0.1) is 0 Å². The number of hydrogen-bond donors (Lipinski definition) is 0. The van der Waals surface area contributed by atoms with Crippen molar-refractivity contribution in [3.8, 4) is 0 Å². The molecule has 0 atom stereocenters. The van der Waals surface area contributed by atoms with Gasteiger partial charge in [-0.25, -0.2) is 0 Å². The van der Waals surface area contributed by atoms with Gasteiger partial charge in [-0.2, -0.15) is 11.8 Å². The largest absolute Gasteiger partial charge is 0.379 e. The van der Waals surface area contributed by atoms with Crippen LogP contribution in [0.2, 0.25) is 0 Å². The third-order valence-corrected chi connectivity index (χ3v) is 6.29. The topological polar surface area (TPSA) is 15.7 Å². The summed E-state index contributed by atoms with van der Waals surface area (Å²) >= 11 is 2.09. The summed E-state index contributed by atoms with van der Waals surface area (Å²) < 4.78 is 5.46. The van der Waals surface area contributed by atoms with E-state index in [0.29, 0.717) is 0 Å². The molecular formula is C23H34N2OS. The van der Waals surface area contributed by atoms with E-state index in [-0.39, 0.29) is 0 Å². The molecule has 1 heterocycles. The molecule has 1 aliphatic heterocycles. The van der Waals surface area contributed by atoms with Crippen molar-refractivity contribution < 1.29 is 4.74 Å². The van der Waals surface area contributed by atoms with Crippen molar-refractivity contribution in [1.29, 1.82) is 0 Å². The van der Waals surface area contributed by atoms with Gasteiger partial charge in [-0.15, -0.1) is 0 Å². The highest BCUT2D eigenvalue weighted by Crippen LogP contribution is 2.17. The van der Waals surface area contributed by atoms with Gasteiger partial charge in [0.1, 0.15) is 0 Å². The van der Waals surface area contributed by atoms with Crippen LogP contribution in [0.25, 0.3) is 0 Å². The van der Waals surface area contributed by atoms with Crippen molar-refractivity contribution in [2.45, 2.75) is 25.8 Å². The van der Waals surface area contributed by atoms with E-state index in [1.165, 1.54) is 56.0 Å². The van der Waals surface area contributed by atoms with E-state index in [0.717, 1.165) is 32.8 Å². The standard InChI is InChI=1S/C23H34N2OS/c1-3-8-22(9-4-1)20-25(13-7-12-24-14-17-26-18-15-24)16-19-27-21-23-10-5-2-6-11-23/h1-5,8-10H,6-7,11-21H2. The molecule has 0 bridgehead atoms. The highest BCUT2D eigenvalue weighted by atomic mass is 32.2. The summed E-state index contributed by atoms with van der Waals surface area (Å²) in [7, 11) is 0. The maximum Gasteiger partial charge on any atom is 0.0594 e. The van der Waals surface area contributed by atoms with E-state index in [1.54, 1.807) is 5.57 Å². The summed E-state index contributed by atoms with van der Waals surface area (Å²) in [5.74, 6) is 2.41. The molecule has 1 fully saturated rings. The molecule has 0 spiro atoms. The third-order valence-electron chi connectivity index (χ3n) is 5.24. The van der Waals surface area contributed by atoms with Gasteiger partial charge < -0.3 is 4.74 Å². The van der Waals surface area contributed by atoms with E-state index < -0.39 is 0 Å². The molecule has 0 amide bonds. The number of nitrogens with zero attached hydrogens (tertiary/aromatic N) is 2. The number of morpholine rings is 1. The van der Waals surface area contributed by atoms with Crippen LogP contribution in [0.3, 0.4) is 0 Å². The lowest BCUT2D eigenvalue weighted by Crippen LogP contribution is -2.38. The molecule has 2 aliphatic rings. The minimum atomic E-state index is 0.898. The number of ether oxygens (including phenoxy) is 1. The Bertz CT molecular complexity index is 581. The normalized spacial score (nSPS) is 18.0. The molecule has 3 nitrogen and oxygen atoms in total. The maximum absolute atomic E-state index is 5.46. The Morgan fingerprint density at radius 2 is 1.93 bits per heavy atom. The van der Waals surface area contributed by atoms with E-state index in [9.17, 15) is 0 Å². The molecule has 1 saturated heterocycles. The zero-order valence-corrected chi connectivity index (χ0v) is 17.3. The average molecular weight is 387 g/mol. The molecule has 3 rings (SSSR count). The number of benzene rings is 1. The fourth-order valence-corrected chi connectivity index (χ4v) is 4.66. The number of thioether (sulfide) groups is 1. The first-order valence-corrected chi connectivity index (χ1v) is 11.5. The number of hydrogen-bond acceptors (Lipinski definition) is 4. The van der Waals surface area contributed by atoms with Crippen LogP contribution in [0.15, 0.2) is 54.1 Å². The Morgan fingerprint density at radius 3 is 2.70 bits per heavy atom. The van der Waals surface area contributed by atoms with Crippen molar-refractivity contribution in [1.82, 2.24) is 9.80 Å². The van der Waals surface area contributed by atoms with Crippen LogP contribution in [0.1, 0.15) is 24.8 Å². The van der Waals surface area contributed by atoms with E-state index >= 15 is 0 Å². The first-order valence-electron chi connectivity index (χ1n) is 10.4. The minimum absolute atomic E-state index is 0.898. The van der Waals surface area contributed by atoms with Gasteiger partial charge in [0.15, 0.2) is 0 Å². The van der Waals surface area contributed by atoms with Crippen molar-refractivity contribution in [2.24, 2.45) is 0 Å². The molecule has 27 heavy (non-hydrogen) atoms. The van der Waals surface area contributed by atoms with E-state index in [1.807, 2.05) is 0 Å². The molecule has 1 aromatic rings. The Hall–Kier alpha value is -1.07. The zero-order chi connectivity index (χ0) is 18.6. The van der Waals surface area contributed by atoms with Gasteiger partial charge in [-0.3, -0.25) is 9.80 Å². The predicted octanol–water partition coefficient (Wildman–Crippen LogP) is 4.22. The molecule has 0 saturated carbocycles. The van der Waals surface area contributed by atoms with Crippen LogP contribution >= 0.6 is 11.8 Å². The molecule has 1 aliphatic carbocycles. The summed E-state index contributed by atoms with van der Waals surface area (Å²) in [5, 5.41) is 0. The summed E-state index contributed by atoms with van der Waals surface area (Å²) in [6.07, 6.45) is 10.5. The Kier molecular flexibility index (Phi) is 9.49. The van der Waals surface area contributed by atoms with Crippen LogP contribution in [0.4, 0.5) is 0 Å². The number of allylic oxidation sites excluding steroid dienone is 3. The van der Waals surface area contributed by atoms with Crippen molar-refractivity contribution in [2.75, 3.05) is 57.4 Å². The second-order valence-corrected chi connectivity index (χ2v) is 8.52. The summed E-state index contributed by atoms with van der Waals surface area (Å²) in [4.78, 5) is 5.18. The highest BCUT2D eigenvalue weighted by Gasteiger charge is 2.11. The molecule has 0 N–H and O–H groups in total. The van der Waals surface area contributed by atoms with Gasteiger partial charge in [-0.1, -0.05) is 54.1 Å². The highest BCUT2D eigenvalue weighted by molar-refractivity contribution is 7.99.